The van der Waals surface area contributed by atoms with Gasteiger partial charge >= 0.3 is 0 Å². The van der Waals surface area contributed by atoms with Crippen LogP contribution < -0.4 is 0 Å². The summed E-state index contributed by atoms with van der Waals surface area (Å²) in [5.41, 5.74) is 1.02. The fraction of sp³-hybridized carbons (Fsp3) is 0. The van der Waals surface area contributed by atoms with Gasteiger partial charge in [-0.3, -0.25) is 0 Å². The molecule has 1 aromatic carbocycles. The number of benzene rings is 1. The van der Waals surface area contributed by atoms with E-state index in [-0.39, 0.29) is 10.0 Å². The highest BCUT2D eigenvalue weighted by atomic mass is 35.5. The minimum atomic E-state index is 0.223. The highest BCUT2D eigenvalue weighted by Gasteiger charge is 2.14. The van der Waals surface area contributed by atoms with Crippen LogP contribution >= 0.6 is 46.4 Å². The summed E-state index contributed by atoms with van der Waals surface area (Å²) in [7, 11) is 0. The van der Waals surface area contributed by atoms with Crippen molar-refractivity contribution in [3.63, 3.8) is 0 Å². The molecule has 0 aliphatic carbocycles. The van der Waals surface area contributed by atoms with Crippen LogP contribution in [-0.4, -0.2) is 0 Å². The zero-order valence-corrected chi connectivity index (χ0v) is 8.95. The second-order valence-electron chi connectivity index (χ2n) is 2.21. The fourth-order valence-corrected chi connectivity index (χ4v) is 1.65. The Balaban J connectivity index is 3.60. The fourth-order valence-electron chi connectivity index (χ4n) is 0.723. The first-order chi connectivity index (χ1) is 5.46. The number of halogens is 4. The van der Waals surface area contributed by atoms with Crippen LogP contribution in [-0.2, 0) is 0 Å². The first kappa shape index (κ1) is 10.5. The van der Waals surface area contributed by atoms with Gasteiger partial charge in [-0.25, -0.2) is 0 Å². The second kappa shape index (κ2) is 3.63. The van der Waals surface area contributed by atoms with Gasteiger partial charge in [-0.15, -0.1) is 0 Å². The Labute approximate surface area is 91.4 Å². The third-order valence-electron chi connectivity index (χ3n) is 1.47. The number of hydrogen-bond donors (Lipinski definition) is 0. The smallest absolute Gasteiger partial charge is 0.0796 e. The molecule has 0 heterocycles. The van der Waals surface area contributed by atoms with Crippen molar-refractivity contribution in [3.8, 4) is 0 Å². The van der Waals surface area contributed by atoms with E-state index in [1.54, 1.807) is 0 Å². The summed E-state index contributed by atoms with van der Waals surface area (Å²) in [6, 6.07) is 0. The number of hydrogen-bond acceptors (Lipinski definition) is 0. The summed E-state index contributed by atoms with van der Waals surface area (Å²) in [5, 5.41) is 1.05. The van der Waals surface area contributed by atoms with Gasteiger partial charge in [0, 0.05) is 0 Å². The highest BCUT2D eigenvalue weighted by Crippen LogP contribution is 2.40. The summed E-state index contributed by atoms with van der Waals surface area (Å²) >= 11 is 23.1. The Morgan fingerprint density at radius 2 is 0.833 bits per heavy atom. The largest absolute Gasteiger partial charge is 0.0823 e. The van der Waals surface area contributed by atoms with Crippen LogP contribution in [0.25, 0.3) is 0 Å². The lowest BCUT2D eigenvalue weighted by Gasteiger charge is -2.09. The highest BCUT2D eigenvalue weighted by molar-refractivity contribution is 6.52. The molecule has 0 spiro atoms. The molecule has 0 N–H and O–H groups in total. The van der Waals surface area contributed by atoms with E-state index in [1.165, 1.54) is 0 Å². The summed E-state index contributed by atoms with van der Waals surface area (Å²) in [4.78, 5) is 0. The molecule has 1 aromatic rings. The maximum Gasteiger partial charge on any atom is 0.0796 e. The van der Waals surface area contributed by atoms with Crippen LogP contribution in [0.15, 0.2) is 0 Å². The normalized spacial score (nSPS) is 10.5. The van der Waals surface area contributed by atoms with Crippen molar-refractivity contribution in [2.45, 2.75) is 0 Å². The van der Waals surface area contributed by atoms with Crippen LogP contribution in [0.4, 0.5) is 0 Å². The standard InChI is InChI=1S/C8H4Cl4/c1-3-4(2)6(10)8(12)7(11)5(3)9/h1-2H2. The molecule has 0 atom stereocenters. The molecule has 0 aromatic heterocycles. The van der Waals surface area contributed by atoms with Gasteiger partial charge in [0.05, 0.1) is 20.1 Å². The lowest BCUT2D eigenvalue weighted by atomic mass is 10.1. The van der Waals surface area contributed by atoms with E-state index in [9.17, 15) is 0 Å². The van der Waals surface area contributed by atoms with Crippen molar-refractivity contribution in [2.24, 2.45) is 0 Å². The van der Waals surface area contributed by atoms with Gasteiger partial charge in [-0.05, 0) is 25.0 Å². The molecule has 0 aliphatic rings. The van der Waals surface area contributed by atoms with Gasteiger partial charge < -0.3 is 0 Å². The average Bonchev–Trinajstić information content (AvgIpc) is 2.08. The molecular formula is C8H4Cl4. The van der Waals surface area contributed by atoms with Gasteiger partial charge in [0.1, 0.15) is 0 Å². The molecule has 2 radical (unpaired) electrons. The van der Waals surface area contributed by atoms with Crippen molar-refractivity contribution in [1.82, 2.24) is 0 Å². The molecule has 0 unspecified atom stereocenters. The van der Waals surface area contributed by atoms with E-state index in [2.05, 4.69) is 13.8 Å². The Morgan fingerprint density at radius 3 is 1.08 bits per heavy atom. The Morgan fingerprint density at radius 1 is 0.583 bits per heavy atom. The minimum absolute atomic E-state index is 0.223. The number of rotatable bonds is 0. The average molecular weight is 242 g/mol. The van der Waals surface area contributed by atoms with Crippen LogP contribution in [0, 0.1) is 13.8 Å². The third kappa shape index (κ3) is 1.54. The predicted octanol–water partition coefficient (Wildman–Crippen LogP) is 4.66. The van der Waals surface area contributed by atoms with E-state index in [0.717, 1.165) is 0 Å². The van der Waals surface area contributed by atoms with Crippen LogP contribution in [0.3, 0.4) is 0 Å². The maximum absolute atomic E-state index is 5.78. The molecule has 0 bridgehead atoms. The maximum atomic E-state index is 5.78. The molecule has 0 nitrogen and oxygen atoms in total. The van der Waals surface area contributed by atoms with E-state index < -0.39 is 0 Å². The van der Waals surface area contributed by atoms with Gasteiger partial charge in [-0.1, -0.05) is 46.4 Å². The third-order valence-corrected chi connectivity index (χ3v) is 3.35. The predicted molar refractivity (Wildman–Crippen MR) is 55.4 cm³/mol. The second-order valence-corrected chi connectivity index (χ2v) is 3.72. The van der Waals surface area contributed by atoms with Crippen molar-refractivity contribution in [1.29, 1.82) is 0 Å². The zero-order chi connectivity index (χ0) is 9.46. The minimum Gasteiger partial charge on any atom is -0.0823 e. The Bertz CT molecular complexity index is 225. The Hall–Kier alpha value is 0.380. The van der Waals surface area contributed by atoms with E-state index in [0.29, 0.717) is 21.2 Å². The molecular weight excluding hydrogens is 238 g/mol. The molecule has 0 saturated carbocycles. The molecule has 0 amide bonds. The summed E-state index contributed by atoms with van der Waals surface area (Å²) in [6.07, 6.45) is 0. The van der Waals surface area contributed by atoms with Crippen LogP contribution in [0.2, 0.25) is 20.1 Å². The first-order valence-corrected chi connectivity index (χ1v) is 4.47. The SMILES string of the molecule is [CH2]c1c([CH2])c(Cl)c(Cl)c(Cl)c1Cl. The topological polar surface area (TPSA) is 0 Å². The van der Waals surface area contributed by atoms with E-state index in [4.69, 9.17) is 46.4 Å². The quantitative estimate of drug-likeness (QED) is 0.458. The molecule has 0 fully saturated rings. The summed E-state index contributed by atoms with van der Waals surface area (Å²) < 4.78 is 0. The van der Waals surface area contributed by atoms with E-state index >= 15 is 0 Å². The van der Waals surface area contributed by atoms with Crippen molar-refractivity contribution < 1.29 is 0 Å². The van der Waals surface area contributed by atoms with Crippen LogP contribution in [0.1, 0.15) is 11.1 Å². The molecule has 0 saturated heterocycles. The van der Waals surface area contributed by atoms with Crippen molar-refractivity contribution >= 4 is 46.4 Å². The lowest BCUT2D eigenvalue weighted by molar-refractivity contribution is 1.53. The van der Waals surface area contributed by atoms with Crippen molar-refractivity contribution in [2.75, 3.05) is 0 Å². The molecule has 0 aliphatic heterocycles. The molecule has 12 heavy (non-hydrogen) atoms. The van der Waals surface area contributed by atoms with Crippen molar-refractivity contribution in [3.05, 3.63) is 45.1 Å². The molecule has 4 heteroatoms. The molecule has 1 rings (SSSR count). The lowest BCUT2D eigenvalue weighted by Crippen LogP contribution is -1.87. The van der Waals surface area contributed by atoms with Gasteiger partial charge in [0.2, 0.25) is 0 Å². The van der Waals surface area contributed by atoms with Gasteiger partial charge in [0.15, 0.2) is 0 Å². The first-order valence-electron chi connectivity index (χ1n) is 2.96. The van der Waals surface area contributed by atoms with E-state index in [1.807, 2.05) is 0 Å². The Kier molecular flexibility index (Phi) is 3.16. The summed E-state index contributed by atoms with van der Waals surface area (Å²) in [5.74, 6) is 0. The zero-order valence-electron chi connectivity index (χ0n) is 5.93. The van der Waals surface area contributed by atoms with Crippen LogP contribution in [0.5, 0.6) is 0 Å². The van der Waals surface area contributed by atoms with Gasteiger partial charge in [-0.2, -0.15) is 0 Å². The molecule has 64 valence electrons. The summed E-state index contributed by atoms with van der Waals surface area (Å²) in [6.45, 7) is 7.32. The monoisotopic (exact) mass is 240 g/mol. The van der Waals surface area contributed by atoms with Gasteiger partial charge in [0.25, 0.3) is 0 Å².